The van der Waals surface area contributed by atoms with Crippen molar-refractivity contribution >= 4 is 28.5 Å². The molecule has 0 radical (unpaired) electrons. The van der Waals surface area contributed by atoms with Gasteiger partial charge in [-0.25, -0.2) is 9.78 Å². The number of halogens is 4. The molecule has 0 amide bonds. The molecule has 0 N–H and O–H groups in total. The molecule has 1 aromatic heterocycles. The molecule has 1 heterocycles. The first kappa shape index (κ1) is 25.8. The second kappa shape index (κ2) is 10.6. The van der Waals surface area contributed by atoms with Crippen LogP contribution in [0.1, 0.15) is 62.4 Å². The smallest absolute Gasteiger partial charge is 0.425 e. The number of esters is 1. The maximum atomic E-state index is 13.4. The van der Waals surface area contributed by atoms with Crippen LogP contribution < -0.4 is 4.74 Å². The van der Waals surface area contributed by atoms with E-state index in [0.29, 0.717) is 33.5 Å². The van der Waals surface area contributed by atoms with Crippen molar-refractivity contribution in [3.05, 3.63) is 58.6 Å². The average molecular weight is 494 g/mol. The van der Waals surface area contributed by atoms with Crippen molar-refractivity contribution in [3.8, 4) is 17.0 Å². The standard InChI is InChI=1S/C26H27ClF3NO3/c1-5-6-12-33-25(32)23-22(18-9-7-8-17(13-18)15(2)3)20-14-19(27)10-11-21(20)31-24(23)34-16(4)26(28,29)30/h7-11,13-16H,5-6,12H2,1-4H3. The summed E-state index contributed by atoms with van der Waals surface area (Å²) in [5.41, 5.74) is 2.21. The van der Waals surface area contributed by atoms with Crippen molar-refractivity contribution in [2.45, 2.75) is 58.7 Å². The number of hydrogen-bond donors (Lipinski definition) is 0. The number of pyridine rings is 1. The summed E-state index contributed by atoms with van der Waals surface area (Å²) in [7, 11) is 0. The van der Waals surface area contributed by atoms with Crippen LogP contribution in [-0.2, 0) is 4.74 Å². The van der Waals surface area contributed by atoms with E-state index >= 15 is 0 Å². The Labute approximate surface area is 202 Å². The van der Waals surface area contributed by atoms with E-state index in [1.807, 2.05) is 39.0 Å². The first-order valence-corrected chi connectivity index (χ1v) is 11.5. The molecule has 2 aromatic carbocycles. The molecular weight excluding hydrogens is 467 g/mol. The molecule has 0 aliphatic rings. The van der Waals surface area contributed by atoms with E-state index in [1.165, 1.54) is 0 Å². The highest BCUT2D eigenvalue weighted by Crippen LogP contribution is 2.40. The molecule has 8 heteroatoms. The van der Waals surface area contributed by atoms with E-state index < -0.39 is 24.1 Å². The van der Waals surface area contributed by atoms with Gasteiger partial charge in [0, 0.05) is 16.0 Å². The summed E-state index contributed by atoms with van der Waals surface area (Å²) in [4.78, 5) is 17.5. The summed E-state index contributed by atoms with van der Waals surface area (Å²) in [6.07, 6.45) is -5.41. The lowest BCUT2D eigenvalue weighted by molar-refractivity contribution is -0.190. The quantitative estimate of drug-likeness (QED) is 0.236. The zero-order chi connectivity index (χ0) is 25.0. The Balaban J connectivity index is 2.34. The molecule has 0 fully saturated rings. The summed E-state index contributed by atoms with van der Waals surface area (Å²) in [6, 6.07) is 12.3. The van der Waals surface area contributed by atoms with Crippen molar-refractivity contribution in [3.63, 3.8) is 0 Å². The van der Waals surface area contributed by atoms with Crippen molar-refractivity contribution in [1.29, 1.82) is 0 Å². The van der Waals surface area contributed by atoms with Crippen LogP contribution in [0.2, 0.25) is 5.02 Å². The topological polar surface area (TPSA) is 48.4 Å². The van der Waals surface area contributed by atoms with Gasteiger partial charge in [0.05, 0.1) is 12.1 Å². The molecule has 1 unspecified atom stereocenters. The lowest BCUT2D eigenvalue weighted by Gasteiger charge is -2.22. The zero-order valence-electron chi connectivity index (χ0n) is 19.5. The third kappa shape index (κ3) is 5.81. The Kier molecular flexibility index (Phi) is 8.08. The van der Waals surface area contributed by atoms with Crippen molar-refractivity contribution < 1.29 is 27.4 Å². The van der Waals surface area contributed by atoms with Gasteiger partial charge in [0.25, 0.3) is 0 Å². The molecule has 0 spiro atoms. The Bertz CT molecular complexity index is 1180. The van der Waals surface area contributed by atoms with Crippen LogP contribution >= 0.6 is 11.6 Å². The molecule has 0 saturated carbocycles. The van der Waals surface area contributed by atoms with E-state index in [1.54, 1.807) is 24.3 Å². The molecule has 1 atom stereocenters. The summed E-state index contributed by atoms with van der Waals surface area (Å²) >= 11 is 6.25. The minimum atomic E-state index is -4.64. The van der Waals surface area contributed by atoms with Gasteiger partial charge in [-0.05, 0) is 48.6 Å². The Hall–Kier alpha value is -2.80. The minimum Gasteiger partial charge on any atom is -0.464 e. The van der Waals surface area contributed by atoms with Crippen LogP contribution in [0.4, 0.5) is 13.2 Å². The highest BCUT2D eigenvalue weighted by molar-refractivity contribution is 6.31. The highest BCUT2D eigenvalue weighted by atomic mass is 35.5. The number of alkyl halides is 3. The lowest BCUT2D eigenvalue weighted by Crippen LogP contribution is -2.32. The van der Waals surface area contributed by atoms with Crippen LogP contribution in [0.3, 0.4) is 0 Å². The van der Waals surface area contributed by atoms with Gasteiger partial charge in [-0.2, -0.15) is 13.2 Å². The second-order valence-electron chi connectivity index (χ2n) is 8.40. The van der Waals surface area contributed by atoms with Crippen molar-refractivity contribution in [2.24, 2.45) is 0 Å². The molecule has 0 aliphatic heterocycles. The number of ether oxygens (including phenoxy) is 2. The van der Waals surface area contributed by atoms with Crippen LogP contribution in [-0.4, -0.2) is 29.8 Å². The molecule has 3 aromatic rings. The Morgan fingerprint density at radius 2 is 1.85 bits per heavy atom. The average Bonchev–Trinajstić information content (AvgIpc) is 2.77. The number of fused-ring (bicyclic) bond motifs is 1. The van der Waals surface area contributed by atoms with E-state index in [0.717, 1.165) is 18.9 Å². The minimum absolute atomic E-state index is 0.128. The van der Waals surface area contributed by atoms with Gasteiger partial charge >= 0.3 is 12.1 Å². The normalized spacial score (nSPS) is 12.7. The highest BCUT2D eigenvalue weighted by Gasteiger charge is 2.39. The number of carbonyl (C=O) groups is 1. The Morgan fingerprint density at radius 1 is 1.12 bits per heavy atom. The van der Waals surface area contributed by atoms with Crippen LogP contribution in [0.15, 0.2) is 42.5 Å². The summed E-state index contributed by atoms with van der Waals surface area (Å²) < 4.78 is 50.8. The Morgan fingerprint density at radius 3 is 2.50 bits per heavy atom. The van der Waals surface area contributed by atoms with E-state index in [4.69, 9.17) is 21.1 Å². The summed E-state index contributed by atoms with van der Waals surface area (Å²) in [6.45, 7) is 7.00. The number of rotatable bonds is 8. The maximum absolute atomic E-state index is 13.4. The molecule has 0 saturated heterocycles. The lowest BCUT2D eigenvalue weighted by atomic mass is 9.92. The second-order valence-corrected chi connectivity index (χ2v) is 8.84. The fraction of sp³-hybridized carbons (Fsp3) is 0.385. The van der Waals surface area contributed by atoms with Crippen molar-refractivity contribution in [2.75, 3.05) is 6.61 Å². The van der Waals surface area contributed by atoms with Gasteiger partial charge in [0.2, 0.25) is 5.88 Å². The summed E-state index contributed by atoms with van der Waals surface area (Å²) in [5.74, 6) is -1.03. The van der Waals surface area contributed by atoms with E-state index in [2.05, 4.69) is 4.98 Å². The third-order valence-electron chi connectivity index (χ3n) is 5.44. The summed E-state index contributed by atoms with van der Waals surface area (Å²) in [5, 5.41) is 0.918. The first-order valence-electron chi connectivity index (χ1n) is 11.2. The van der Waals surface area contributed by atoms with Gasteiger partial charge in [0.1, 0.15) is 5.56 Å². The number of aromatic nitrogens is 1. The third-order valence-corrected chi connectivity index (χ3v) is 5.68. The molecule has 0 bridgehead atoms. The van der Waals surface area contributed by atoms with Gasteiger partial charge in [-0.1, -0.05) is 63.1 Å². The van der Waals surface area contributed by atoms with Gasteiger partial charge < -0.3 is 9.47 Å². The number of nitrogens with zero attached hydrogens (tertiary/aromatic N) is 1. The molecule has 3 rings (SSSR count). The maximum Gasteiger partial charge on any atom is 0.425 e. The number of hydrogen-bond acceptors (Lipinski definition) is 4. The number of benzene rings is 2. The molecule has 4 nitrogen and oxygen atoms in total. The zero-order valence-corrected chi connectivity index (χ0v) is 20.3. The van der Waals surface area contributed by atoms with Crippen molar-refractivity contribution in [1.82, 2.24) is 4.98 Å². The number of carbonyl (C=O) groups excluding carboxylic acids is 1. The molecule has 34 heavy (non-hydrogen) atoms. The van der Waals surface area contributed by atoms with Crippen LogP contribution in [0, 0.1) is 0 Å². The van der Waals surface area contributed by atoms with Crippen LogP contribution in [0.25, 0.3) is 22.0 Å². The van der Waals surface area contributed by atoms with Crippen LogP contribution in [0.5, 0.6) is 5.88 Å². The molecular formula is C26H27ClF3NO3. The van der Waals surface area contributed by atoms with Gasteiger partial charge in [0.15, 0.2) is 6.10 Å². The fourth-order valence-corrected chi connectivity index (χ4v) is 3.63. The van der Waals surface area contributed by atoms with Gasteiger partial charge in [-0.3, -0.25) is 0 Å². The van der Waals surface area contributed by atoms with E-state index in [9.17, 15) is 18.0 Å². The molecule has 182 valence electrons. The largest absolute Gasteiger partial charge is 0.464 e. The fourth-order valence-electron chi connectivity index (χ4n) is 3.46. The monoisotopic (exact) mass is 493 g/mol. The van der Waals surface area contributed by atoms with Gasteiger partial charge in [-0.15, -0.1) is 0 Å². The number of unbranched alkanes of at least 4 members (excludes halogenated alkanes) is 1. The molecule has 0 aliphatic carbocycles. The first-order chi connectivity index (χ1) is 16.0. The van der Waals surface area contributed by atoms with E-state index in [-0.39, 0.29) is 18.1 Å². The SMILES string of the molecule is CCCCOC(=O)c1c(OC(C)C(F)(F)F)nc2ccc(Cl)cc2c1-c1cccc(C(C)C)c1. The predicted octanol–water partition coefficient (Wildman–Crippen LogP) is 7.97. The predicted molar refractivity (Wildman–Crippen MR) is 128 cm³/mol.